The van der Waals surface area contributed by atoms with Crippen molar-refractivity contribution in [2.75, 3.05) is 0 Å². The Morgan fingerprint density at radius 1 is 0.714 bits per heavy atom. The van der Waals surface area contributed by atoms with Crippen molar-refractivity contribution in [3.05, 3.63) is 101 Å². The van der Waals surface area contributed by atoms with Gasteiger partial charge in [-0.1, -0.05) is 77.4 Å². The lowest BCUT2D eigenvalue weighted by Crippen LogP contribution is -2.31. The Balaban J connectivity index is 2.19. The van der Waals surface area contributed by atoms with Crippen molar-refractivity contribution in [3.8, 4) is 0 Å². The SMILES string of the molecule is CC(=O)OC(N=Nc1ccc(C)cc1)(c1ccc(C)cc1)c1ccc(C)cc1. The van der Waals surface area contributed by atoms with E-state index in [0.29, 0.717) is 5.69 Å². The number of carbonyl (C=O) groups is 1. The minimum atomic E-state index is -1.35. The number of azo groups is 1. The number of ether oxygens (including phenoxy) is 1. The fraction of sp³-hybridized carbons (Fsp3) is 0.208. The molecular formula is C24H24N2O2. The molecule has 0 heterocycles. The molecule has 3 aromatic carbocycles. The summed E-state index contributed by atoms with van der Waals surface area (Å²) in [5, 5.41) is 9.00. The maximum absolute atomic E-state index is 12.1. The molecule has 0 fully saturated rings. The molecule has 0 N–H and O–H groups in total. The quantitative estimate of drug-likeness (QED) is 0.398. The second kappa shape index (κ2) is 8.17. The van der Waals surface area contributed by atoms with Crippen LogP contribution in [0.25, 0.3) is 0 Å². The van der Waals surface area contributed by atoms with E-state index in [1.54, 1.807) is 0 Å². The van der Waals surface area contributed by atoms with Gasteiger partial charge in [0.25, 0.3) is 5.72 Å². The predicted molar refractivity (Wildman–Crippen MR) is 111 cm³/mol. The van der Waals surface area contributed by atoms with E-state index in [1.807, 2.05) is 93.6 Å². The Kier molecular flexibility index (Phi) is 5.69. The highest BCUT2D eigenvalue weighted by molar-refractivity contribution is 5.67. The van der Waals surface area contributed by atoms with Gasteiger partial charge in [0.15, 0.2) is 0 Å². The van der Waals surface area contributed by atoms with Gasteiger partial charge in [-0.15, -0.1) is 5.11 Å². The first kappa shape index (κ1) is 19.5. The molecule has 0 unspecified atom stereocenters. The molecule has 0 aliphatic heterocycles. The number of aryl methyl sites for hydroxylation is 3. The fourth-order valence-corrected chi connectivity index (χ4v) is 2.93. The zero-order valence-electron chi connectivity index (χ0n) is 16.6. The normalized spacial score (nSPS) is 11.6. The van der Waals surface area contributed by atoms with Gasteiger partial charge < -0.3 is 4.74 Å². The van der Waals surface area contributed by atoms with Crippen LogP contribution in [0, 0.1) is 20.8 Å². The number of carbonyl (C=O) groups excluding carboxylic acids is 1. The molecule has 0 atom stereocenters. The Bertz CT molecular complexity index is 927. The molecule has 0 saturated carbocycles. The van der Waals surface area contributed by atoms with Gasteiger partial charge >= 0.3 is 5.97 Å². The summed E-state index contributed by atoms with van der Waals surface area (Å²) in [4.78, 5) is 12.1. The summed E-state index contributed by atoms with van der Waals surface area (Å²) in [7, 11) is 0. The van der Waals surface area contributed by atoms with E-state index in [1.165, 1.54) is 6.92 Å². The van der Waals surface area contributed by atoms with Crippen LogP contribution in [0.4, 0.5) is 5.69 Å². The van der Waals surface area contributed by atoms with Crippen LogP contribution < -0.4 is 0 Å². The van der Waals surface area contributed by atoms with E-state index in [4.69, 9.17) is 4.74 Å². The fourth-order valence-electron chi connectivity index (χ4n) is 2.93. The molecule has 0 aromatic heterocycles. The third-order valence-electron chi connectivity index (χ3n) is 4.52. The molecule has 0 aliphatic carbocycles. The highest BCUT2D eigenvalue weighted by Crippen LogP contribution is 2.37. The molecule has 0 aliphatic rings. The Hall–Kier alpha value is -3.27. The Morgan fingerprint density at radius 2 is 1.11 bits per heavy atom. The minimum Gasteiger partial charge on any atom is -0.427 e. The largest absolute Gasteiger partial charge is 0.427 e. The lowest BCUT2D eigenvalue weighted by molar-refractivity contribution is -0.153. The van der Waals surface area contributed by atoms with E-state index >= 15 is 0 Å². The Labute approximate surface area is 165 Å². The first-order valence-corrected chi connectivity index (χ1v) is 9.22. The number of hydrogen-bond donors (Lipinski definition) is 0. The zero-order valence-corrected chi connectivity index (χ0v) is 16.6. The van der Waals surface area contributed by atoms with E-state index < -0.39 is 11.7 Å². The molecule has 142 valence electrons. The second-order valence-electron chi connectivity index (χ2n) is 7.01. The average molecular weight is 372 g/mol. The van der Waals surface area contributed by atoms with Crippen molar-refractivity contribution < 1.29 is 9.53 Å². The number of benzene rings is 3. The third-order valence-corrected chi connectivity index (χ3v) is 4.52. The number of rotatable bonds is 5. The van der Waals surface area contributed by atoms with Gasteiger partial charge in [0.2, 0.25) is 0 Å². The number of nitrogens with zero attached hydrogens (tertiary/aromatic N) is 2. The number of esters is 1. The molecule has 28 heavy (non-hydrogen) atoms. The van der Waals surface area contributed by atoms with Gasteiger partial charge in [0.05, 0.1) is 5.69 Å². The average Bonchev–Trinajstić information content (AvgIpc) is 2.67. The monoisotopic (exact) mass is 372 g/mol. The van der Waals surface area contributed by atoms with Crippen molar-refractivity contribution in [2.24, 2.45) is 10.2 Å². The summed E-state index contributed by atoms with van der Waals surface area (Å²) in [6.07, 6.45) is 0. The summed E-state index contributed by atoms with van der Waals surface area (Å²) in [6.45, 7) is 7.43. The summed E-state index contributed by atoms with van der Waals surface area (Å²) in [6, 6.07) is 23.3. The van der Waals surface area contributed by atoms with Crippen LogP contribution in [-0.4, -0.2) is 5.97 Å². The van der Waals surface area contributed by atoms with E-state index in [-0.39, 0.29) is 0 Å². The van der Waals surface area contributed by atoms with Gasteiger partial charge in [0.1, 0.15) is 0 Å². The maximum atomic E-state index is 12.1. The van der Waals surface area contributed by atoms with Crippen molar-refractivity contribution in [1.82, 2.24) is 0 Å². The lowest BCUT2D eigenvalue weighted by Gasteiger charge is -2.29. The first-order chi connectivity index (χ1) is 13.4. The molecule has 3 aromatic rings. The summed E-state index contributed by atoms with van der Waals surface area (Å²) < 4.78 is 5.84. The van der Waals surface area contributed by atoms with E-state index in [9.17, 15) is 4.79 Å². The van der Waals surface area contributed by atoms with Gasteiger partial charge in [0, 0.05) is 18.1 Å². The van der Waals surface area contributed by atoms with Crippen molar-refractivity contribution in [1.29, 1.82) is 0 Å². The second-order valence-corrected chi connectivity index (χ2v) is 7.01. The zero-order chi connectivity index (χ0) is 20.1. The van der Waals surface area contributed by atoms with Crippen LogP contribution in [0.2, 0.25) is 0 Å². The smallest absolute Gasteiger partial charge is 0.305 e. The van der Waals surface area contributed by atoms with Gasteiger partial charge in [-0.05, 0) is 32.9 Å². The molecule has 4 heteroatoms. The summed E-state index contributed by atoms with van der Waals surface area (Å²) in [5.41, 5.74) is 4.20. The van der Waals surface area contributed by atoms with Crippen LogP contribution in [0.1, 0.15) is 34.7 Å². The third kappa shape index (κ3) is 4.34. The van der Waals surface area contributed by atoms with Gasteiger partial charge in [-0.2, -0.15) is 5.11 Å². The summed E-state index contributed by atoms with van der Waals surface area (Å²) in [5.74, 6) is -0.427. The first-order valence-electron chi connectivity index (χ1n) is 9.22. The molecular weight excluding hydrogens is 348 g/mol. The molecule has 0 bridgehead atoms. The van der Waals surface area contributed by atoms with Crippen molar-refractivity contribution >= 4 is 11.7 Å². The summed E-state index contributed by atoms with van der Waals surface area (Å²) >= 11 is 0. The molecule has 0 spiro atoms. The molecule has 4 nitrogen and oxygen atoms in total. The van der Waals surface area contributed by atoms with Crippen LogP contribution in [0.15, 0.2) is 83.0 Å². The molecule has 0 radical (unpaired) electrons. The lowest BCUT2D eigenvalue weighted by atomic mass is 9.93. The van der Waals surface area contributed by atoms with Crippen molar-refractivity contribution in [3.63, 3.8) is 0 Å². The van der Waals surface area contributed by atoms with Crippen LogP contribution >= 0.6 is 0 Å². The van der Waals surface area contributed by atoms with Gasteiger partial charge in [-0.3, -0.25) is 4.79 Å². The molecule has 0 saturated heterocycles. The van der Waals surface area contributed by atoms with Crippen LogP contribution in [-0.2, 0) is 15.3 Å². The van der Waals surface area contributed by atoms with Gasteiger partial charge in [-0.25, -0.2) is 0 Å². The molecule has 0 amide bonds. The number of hydrogen-bond acceptors (Lipinski definition) is 4. The minimum absolute atomic E-state index is 0.427. The van der Waals surface area contributed by atoms with Crippen LogP contribution in [0.5, 0.6) is 0 Å². The highest BCUT2D eigenvalue weighted by atomic mass is 16.6. The predicted octanol–water partition coefficient (Wildman–Crippen LogP) is 6.16. The standard InChI is InChI=1S/C24H24N2O2/c1-17-5-11-21(12-6-17)24(28-20(4)27,22-13-7-18(2)8-14-22)26-25-23-15-9-19(3)10-16-23/h5-16H,1-4H3. The van der Waals surface area contributed by atoms with Crippen molar-refractivity contribution in [2.45, 2.75) is 33.4 Å². The maximum Gasteiger partial charge on any atom is 0.305 e. The topological polar surface area (TPSA) is 51.0 Å². The highest BCUT2D eigenvalue weighted by Gasteiger charge is 2.38. The van der Waals surface area contributed by atoms with E-state index in [0.717, 1.165) is 27.8 Å². The van der Waals surface area contributed by atoms with E-state index in [2.05, 4.69) is 10.2 Å². The van der Waals surface area contributed by atoms with Crippen LogP contribution in [0.3, 0.4) is 0 Å². The molecule has 3 rings (SSSR count). The Morgan fingerprint density at radius 3 is 1.50 bits per heavy atom.